The number of aliphatic carboxylic acids is 1. The van der Waals surface area contributed by atoms with E-state index in [0.29, 0.717) is 0 Å². The molecule has 2 atom stereocenters. The zero-order chi connectivity index (χ0) is 16.0. The molecule has 0 bridgehead atoms. The maximum Gasteiger partial charge on any atom is 0.407 e. The van der Waals surface area contributed by atoms with Gasteiger partial charge in [-0.2, -0.15) is 13.2 Å². The van der Waals surface area contributed by atoms with Crippen LogP contribution >= 0.6 is 11.8 Å². The maximum absolute atomic E-state index is 13.1. The minimum absolute atomic E-state index is 0.0598. The molecule has 0 aliphatic heterocycles. The minimum Gasteiger partial charge on any atom is -0.481 e. The average molecular weight is 325 g/mol. The summed E-state index contributed by atoms with van der Waals surface area (Å²) in [6.45, 7) is 0. The highest BCUT2D eigenvalue weighted by Gasteiger charge is 2.41. The summed E-state index contributed by atoms with van der Waals surface area (Å²) in [7, 11) is 0. The molecule has 0 saturated heterocycles. The second-order valence-electron chi connectivity index (χ2n) is 4.35. The van der Waals surface area contributed by atoms with E-state index < -0.39 is 29.4 Å². The average Bonchev–Trinajstić information content (AvgIpc) is 2.39. The smallest absolute Gasteiger partial charge is 0.407 e. The predicted octanol–water partition coefficient (Wildman–Crippen LogP) is 3.57. The fourth-order valence-electron chi connectivity index (χ4n) is 1.74. The Balaban J connectivity index is 2.87. The number of benzene rings is 1. The summed E-state index contributed by atoms with van der Waals surface area (Å²) in [4.78, 5) is 10.5. The van der Waals surface area contributed by atoms with Crippen LogP contribution in [0.25, 0.3) is 0 Å². The zero-order valence-electron chi connectivity index (χ0n) is 11.2. The Morgan fingerprint density at radius 3 is 2.33 bits per heavy atom. The van der Waals surface area contributed by atoms with Crippen molar-refractivity contribution in [2.75, 3.05) is 6.26 Å². The Morgan fingerprint density at radius 2 is 1.90 bits per heavy atom. The third kappa shape index (κ3) is 5.92. The van der Waals surface area contributed by atoms with E-state index in [9.17, 15) is 22.4 Å². The first-order chi connectivity index (χ1) is 9.74. The summed E-state index contributed by atoms with van der Waals surface area (Å²) < 4.78 is 52.2. The molecule has 0 aliphatic rings. The van der Waals surface area contributed by atoms with Crippen LogP contribution in [-0.4, -0.2) is 28.9 Å². The van der Waals surface area contributed by atoms with Gasteiger partial charge in [-0.1, -0.05) is 12.1 Å². The molecule has 1 rings (SSSR count). The van der Waals surface area contributed by atoms with Crippen molar-refractivity contribution >= 4 is 17.7 Å². The Hall–Kier alpha value is -1.28. The molecule has 0 radical (unpaired) electrons. The molecular weight excluding hydrogens is 310 g/mol. The molecule has 0 fully saturated rings. The van der Waals surface area contributed by atoms with E-state index in [4.69, 9.17) is 5.11 Å². The number of alkyl halides is 3. The molecule has 0 aromatic heterocycles. The van der Waals surface area contributed by atoms with Gasteiger partial charge in [-0.05, 0) is 30.4 Å². The first-order valence-electron chi connectivity index (χ1n) is 6.07. The minimum atomic E-state index is -4.56. The van der Waals surface area contributed by atoms with E-state index in [1.165, 1.54) is 0 Å². The Bertz CT molecular complexity index is 464. The Morgan fingerprint density at radius 1 is 1.33 bits per heavy atom. The van der Waals surface area contributed by atoms with Crippen LogP contribution in [0.15, 0.2) is 24.3 Å². The quantitative estimate of drug-likeness (QED) is 0.594. The number of nitrogens with one attached hydrogen (secondary N) is 1. The maximum atomic E-state index is 13.1. The standard InChI is InChI=1S/C13H15F4NO2S/c1-21-10(6-7-11(19)20)18-12(13(15,16)17)8-2-4-9(14)5-3-8/h2-5,10,12,18H,6-7H2,1H3,(H,19,20). The molecule has 2 N–H and O–H groups in total. The lowest BCUT2D eigenvalue weighted by atomic mass is 10.1. The van der Waals surface area contributed by atoms with Gasteiger partial charge in [-0.25, -0.2) is 4.39 Å². The SMILES string of the molecule is CSC(CCC(=O)O)NC(c1ccc(F)cc1)C(F)(F)F. The number of hydrogen-bond acceptors (Lipinski definition) is 3. The number of carbonyl (C=O) groups is 1. The molecule has 0 heterocycles. The van der Waals surface area contributed by atoms with Gasteiger partial charge in [0.05, 0.1) is 5.37 Å². The van der Waals surface area contributed by atoms with Crippen LogP contribution < -0.4 is 5.32 Å². The van der Waals surface area contributed by atoms with Gasteiger partial charge in [0.2, 0.25) is 0 Å². The number of carboxylic acid groups (broad SMARTS) is 1. The molecule has 0 amide bonds. The highest BCUT2D eigenvalue weighted by Crippen LogP contribution is 2.34. The number of hydrogen-bond donors (Lipinski definition) is 2. The van der Waals surface area contributed by atoms with Crippen molar-refractivity contribution < 1.29 is 27.5 Å². The van der Waals surface area contributed by atoms with Crippen molar-refractivity contribution in [2.45, 2.75) is 30.4 Å². The summed E-state index contributed by atoms with van der Waals surface area (Å²) in [6, 6.07) is 2.08. The molecule has 0 aliphatic carbocycles. The van der Waals surface area contributed by atoms with Crippen LogP contribution in [-0.2, 0) is 4.79 Å². The van der Waals surface area contributed by atoms with Gasteiger partial charge in [0, 0.05) is 6.42 Å². The van der Waals surface area contributed by atoms with Crippen molar-refractivity contribution in [3.05, 3.63) is 35.6 Å². The normalized spacial score (nSPS) is 14.7. The topological polar surface area (TPSA) is 49.3 Å². The van der Waals surface area contributed by atoms with Crippen LogP contribution in [0.3, 0.4) is 0 Å². The van der Waals surface area contributed by atoms with Crippen LogP contribution in [0.5, 0.6) is 0 Å². The molecule has 21 heavy (non-hydrogen) atoms. The molecule has 2 unspecified atom stereocenters. The van der Waals surface area contributed by atoms with E-state index in [0.717, 1.165) is 36.0 Å². The van der Waals surface area contributed by atoms with Crippen molar-refractivity contribution in [2.24, 2.45) is 0 Å². The van der Waals surface area contributed by atoms with E-state index in [-0.39, 0.29) is 18.4 Å². The van der Waals surface area contributed by atoms with Crippen molar-refractivity contribution in [1.82, 2.24) is 5.32 Å². The van der Waals surface area contributed by atoms with Gasteiger partial charge in [-0.15, -0.1) is 11.8 Å². The molecule has 8 heteroatoms. The lowest BCUT2D eigenvalue weighted by Crippen LogP contribution is -2.39. The number of carboxylic acids is 1. The fourth-order valence-corrected chi connectivity index (χ4v) is 2.37. The van der Waals surface area contributed by atoms with Gasteiger partial charge >= 0.3 is 12.1 Å². The van der Waals surface area contributed by atoms with Crippen LogP contribution in [0.2, 0.25) is 0 Å². The third-order valence-electron chi connectivity index (χ3n) is 2.79. The van der Waals surface area contributed by atoms with Crippen molar-refractivity contribution in [3.8, 4) is 0 Å². The second kappa shape index (κ2) is 7.65. The number of thioether (sulfide) groups is 1. The highest BCUT2D eigenvalue weighted by molar-refractivity contribution is 7.99. The van der Waals surface area contributed by atoms with Crippen LogP contribution in [0.4, 0.5) is 17.6 Å². The van der Waals surface area contributed by atoms with Crippen molar-refractivity contribution in [1.29, 1.82) is 0 Å². The monoisotopic (exact) mass is 325 g/mol. The first kappa shape index (κ1) is 17.8. The Labute approximate surface area is 123 Å². The summed E-state index contributed by atoms with van der Waals surface area (Å²) in [5, 5.41) is 10.3. The van der Waals surface area contributed by atoms with Crippen LogP contribution in [0, 0.1) is 5.82 Å². The first-order valence-corrected chi connectivity index (χ1v) is 7.35. The number of halogens is 4. The van der Waals surface area contributed by atoms with E-state index >= 15 is 0 Å². The fraction of sp³-hybridized carbons (Fsp3) is 0.462. The zero-order valence-corrected chi connectivity index (χ0v) is 12.0. The summed E-state index contributed by atoms with van der Waals surface area (Å²) >= 11 is 1.11. The summed E-state index contributed by atoms with van der Waals surface area (Å²) in [5.74, 6) is -1.69. The van der Waals surface area contributed by atoms with E-state index in [1.54, 1.807) is 6.26 Å². The Kier molecular flexibility index (Phi) is 6.47. The lowest BCUT2D eigenvalue weighted by molar-refractivity contribution is -0.158. The highest BCUT2D eigenvalue weighted by atomic mass is 32.2. The summed E-state index contributed by atoms with van der Waals surface area (Å²) in [5.41, 5.74) is -0.113. The van der Waals surface area contributed by atoms with Gasteiger partial charge in [-0.3, -0.25) is 10.1 Å². The molecule has 0 spiro atoms. The largest absolute Gasteiger partial charge is 0.481 e. The van der Waals surface area contributed by atoms with E-state index in [1.807, 2.05) is 0 Å². The third-order valence-corrected chi connectivity index (χ3v) is 3.73. The second-order valence-corrected chi connectivity index (χ2v) is 5.39. The molecule has 3 nitrogen and oxygen atoms in total. The summed E-state index contributed by atoms with van der Waals surface area (Å²) in [6.07, 6.45) is -3.14. The van der Waals surface area contributed by atoms with Crippen molar-refractivity contribution in [3.63, 3.8) is 0 Å². The van der Waals surface area contributed by atoms with Gasteiger partial charge in [0.25, 0.3) is 0 Å². The molecule has 1 aromatic carbocycles. The molecular formula is C13H15F4NO2S. The molecule has 0 saturated carbocycles. The molecule has 1 aromatic rings. The van der Waals surface area contributed by atoms with Crippen LogP contribution in [0.1, 0.15) is 24.4 Å². The van der Waals surface area contributed by atoms with Gasteiger partial charge in [0.1, 0.15) is 11.9 Å². The molecule has 118 valence electrons. The number of rotatable bonds is 7. The van der Waals surface area contributed by atoms with E-state index in [2.05, 4.69) is 5.32 Å². The lowest BCUT2D eigenvalue weighted by Gasteiger charge is -2.26. The van der Waals surface area contributed by atoms with Gasteiger partial charge < -0.3 is 5.11 Å². The predicted molar refractivity (Wildman–Crippen MR) is 72.5 cm³/mol. The van der Waals surface area contributed by atoms with Gasteiger partial charge in [0.15, 0.2) is 0 Å².